The number of carbonyl (C=O) groups is 1. The van der Waals surface area contributed by atoms with Gasteiger partial charge in [0.25, 0.3) is 5.91 Å². The van der Waals surface area contributed by atoms with E-state index >= 15 is 0 Å². The SMILES string of the molecule is COc1ccc2nc(NC(=O)c3sc(C)nc3C)sc2c1. The molecule has 1 N–H and O–H groups in total. The molecular formula is C14H13N3O2S2. The van der Waals surface area contributed by atoms with Crippen LogP contribution in [0.15, 0.2) is 18.2 Å². The summed E-state index contributed by atoms with van der Waals surface area (Å²) < 4.78 is 6.16. The van der Waals surface area contributed by atoms with Gasteiger partial charge in [-0.15, -0.1) is 11.3 Å². The Labute approximate surface area is 129 Å². The van der Waals surface area contributed by atoms with E-state index < -0.39 is 0 Å². The smallest absolute Gasteiger partial charge is 0.269 e. The normalized spacial score (nSPS) is 10.8. The van der Waals surface area contributed by atoms with Crippen molar-refractivity contribution < 1.29 is 9.53 Å². The number of nitrogens with one attached hydrogen (secondary N) is 1. The van der Waals surface area contributed by atoms with Crippen molar-refractivity contribution in [1.29, 1.82) is 0 Å². The van der Waals surface area contributed by atoms with Gasteiger partial charge in [-0.3, -0.25) is 10.1 Å². The minimum atomic E-state index is -0.163. The fraction of sp³-hybridized carbons (Fsp3) is 0.214. The quantitative estimate of drug-likeness (QED) is 0.800. The summed E-state index contributed by atoms with van der Waals surface area (Å²) in [6.45, 7) is 3.72. The molecule has 0 unspecified atom stereocenters. The molecule has 3 aromatic rings. The van der Waals surface area contributed by atoms with Gasteiger partial charge < -0.3 is 4.74 Å². The van der Waals surface area contributed by atoms with E-state index in [-0.39, 0.29) is 5.91 Å². The number of ether oxygens (including phenoxy) is 1. The molecule has 0 spiro atoms. The van der Waals surface area contributed by atoms with E-state index in [1.165, 1.54) is 22.7 Å². The maximum absolute atomic E-state index is 12.2. The van der Waals surface area contributed by atoms with Crippen LogP contribution in [-0.2, 0) is 0 Å². The van der Waals surface area contributed by atoms with Crippen molar-refractivity contribution in [3.63, 3.8) is 0 Å². The molecule has 3 rings (SSSR count). The molecule has 0 saturated heterocycles. The summed E-state index contributed by atoms with van der Waals surface area (Å²) in [7, 11) is 1.62. The molecule has 2 heterocycles. The highest BCUT2D eigenvalue weighted by Crippen LogP contribution is 2.30. The molecule has 1 aromatic carbocycles. The Hall–Kier alpha value is -1.99. The number of hydrogen-bond donors (Lipinski definition) is 1. The van der Waals surface area contributed by atoms with Gasteiger partial charge in [0, 0.05) is 0 Å². The average molecular weight is 319 g/mol. The van der Waals surface area contributed by atoms with Crippen molar-refractivity contribution in [2.45, 2.75) is 13.8 Å². The molecule has 0 aliphatic rings. The number of benzene rings is 1. The van der Waals surface area contributed by atoms with Gasteiger partial charge >= 0.3 is 0 Å². The largest absolute Gasteiger partial charge is 0.497 e. The van der Waals surface area contributed by atoms with E-state index in [0.717, 1.165) is 26.7 Å². The van der Waals surface area contributed by atoms with E-state index in [2.05, 4.69) is 15.3 Å². The molecule has 0 atom stereocenters. The summed E-state index contributed by atoms with van der Waals surface area (Å²) in [5.74, 6) is 0.613. The van der Waals surface area contributed by atoms with Crippen molar-refractivity contribution in [3.05, 3.63) is 33.8 Å². The van der Waals surface area contributed by atoms with E-state index in [1.807, 2.05) is 32.0 Å². The van der Waals surface area contributed by atoms with E-state index in [9.17, 15) is 4.79 Å². The van der Waals surface area contributed by atoms with Crippen LogP contribution in [0.1, 0.15) is 20.4 Å². The highest BCUT2D eigenvalue weighted by Gasteiger charge is 2.15. The number of aryl methyl sites for hydroxylation is 2. The zero-order valence-electron chi connectivity index (χ0n) is 11.8. The Kier molecular flexibility index (Phi) is 3.60. The average Bonchev–Trinajstić information content (AvgIpc) is 2.99. The fourth-order valence-electron chi connectivity index (χ4n) is 1.98. The number of aromatic nitrogens is 2. The molecule has 108 valence electrons. The number of methoxy groups -OCH3 is 1. The number of amides is 1. The summed E-state index contributed by atoms with van der Waals surface area (Å²) >= 11 is 2.81. The van der Waals surface area contributed by atoms with Crippen LogP contribution in [-0.4, -0.2) is 23.0 Å². The number of carbonyl (C=O) groups excluding carboxylic acids is 1. The lowest BCUT2D eigenvalue weighted by atomic mass is 10.3. The molecular weight excluding hydrogens is 306 g/mol. The Bertz CT molecular complexity index is 823. The Morgan fingerprint density at radius 1 is 1.24 bits per heavy atom. The first-order valence-electron chi connectivity index (χ1n) is 6.27. The Balaban J connectivity index is 1.87. The van der Waals surface area contributed by atoms with Gasteiger partial charge in [0.05, 0.1) is 28.0 Å². The molecule has 5 nitrogen and oxygen atoms in total. The van der Waals surface area contributed by atoms with Gasteiger partial charge in [0.1, 0.15) is 10.6 Å². The van der Waals surface area contributed by atoms with Crippen LogP contribution >= 0.6 is 22.7 Å². The fourth-order valence-corrected chi connectivity index (χ4v) is 3.69. The first-order valence-corrected chi connectivity index (χ1v) is 7.90. The number of hydrogen-bond acceptors (Lipinski definition) is 6. The second kappa shape index (κ2) is 5.42. The summed E-state index contributed by atoms with van der Waals surface area (Å²) in [5.41, 5.74) is 1.59. The maximum atomic E-state index is 12.2. The first-order chi connectivity index (χ1) is 10.1. The Morgan fingerprint density at radius 2 is 2.05 bits per heavy atom. The second-order valence-corrected chi connectivity index (χ2v) is 6.69. The van der Waals surface area contributed by atoms with E-state index in [1.54, 1.807) is 7.11 Å². The second-order valence-electron chi connectivity index (χ2n) is 4.45. The van der Waals surface area contributed by atoms with E-state index in [0.29, 0.717) is 10.0 Å². The number of fused-ring (bicyclic) bond motifs is 1. The van der Waals surface area contributed by atoms with Gasteiger partial charge in [0.2, 0.25) is 0 Å². The molecule has 0 saturated carbocycles. The third-order valence-corrected chi connectivity index (χ3v) is 4.93. The van der Waals surface area contributed by atoms with Crippen molar-refractivity contribution in [2.24, 2.45) is 0 Å². The van der Waals surface area contributed by atoms with Gasteiger partial charge in [0.15, 0.2) is 5.13 Å². The summed E-state index contributed by atoms with van der Waals surface area (Å²) in [4.78, 5) is 21.5. The van der Waals surface area contributed by atoms with E-state index in [4.69, 9.17) is 4.74 Å². The van der Waals surface area contributed by atoms with Gasteiger partial charge in [-0.2, -0.15) is 0 Å². The molecule has 1 amide bonds. The van der Waals surface area contributed by atoms with Crippen LogP contribution in [0.25, 0.3) is 10.2 Å². The van der Waals surface area contributed by atoms with Crippen molar-refractivity contribution in [3.8, 4) is 5.75 Å². The molecule has 0 aliphatic carbocycles. The van der Waals surface area contributed by atoms with Gasteiger partial charge in [-0.1, -0.05) is 11.3 Å². The molecule has 21 heavy (non-hydrogen) atoms. The van der Waals surface area contributed by atoms with Crippen LogP contribution in [0.4, 0.5) is 5.13 Å². The monoisotopic (exact) mass is 319 g/mol. The Morgan fingerprint density at radius 3 is 2.71 bits per heavy atom. The van der Waals surface area contributed by atoms with Crippen molar-refractivity contribution in [2.75, 3.05) is 12.4 Å². The number of rotatable bonds is 3. The topological polar surface area (TPSA) is 64.1 Å². The van der Waals surface area contributed by atoms with Crippen LogP contribution in [0, 0.1) is 13.8 Å². The lowest BCUT2D eigenvalue weighted by molar-refractivity contribution is 0.103. The lowest BCUT2D eigenvalue weighted by Gasteiger charge is -1.98. The molecule has 0 bridgehead atoms. The van der Waals surface area contributed by atoms with Crippen molar-refractivity contribution in [1.82, 2.24) is 9.97 Å². The van der Waals surface area contributed by atoms with Crippen molar-refractivity contribution >= 4 is 43.9 Å². The summed E-state index contributed by atoms with van der Waals surface area (Å²) in [6.07, 6.45) is 0. The third-order valence-electron chi connectivity index (χ3n) is 2.93. The lowest BCUT2D eigenvalue weighted by Crippen LogP contribution is -2.11. The van der Waals surface area contributed by atoms with Crippen LogP contribution in [0.2, 0.25) is 0 Å². The van der Waals surface area contributed by atoms with Crippen LogP contribution in [0.3, 0.4) is 0 Å². The molecule has 0 fully saturated rings. The highest BCUT2D eigenvalue weighted by atomic mass is 32.1. The number of anilines is 1. The van der Waals surface area contributed by atoms with Gasteiger partial charge in [-0.25, -0.2) is 9.97 Å². The minimum Gasteiger partial charge on any atom is -0.497 e. The van der Waals surface area contributed by atoms with Gasteiger partial charge in [-0.05, 0) is 32.0 Å². The standard InChI is InChI=1S/C14H13N3O2S2/c1-7-12(20-8(2)15-7)13(18)17-14-16-10-5-4-9(19-3)6-11(10)21-14/h4-6H,1-3H3,(H,16,17,18). The zero-order valence-corrected chi connectivity index (χ0v) is 13.4. The predicted octanol–water partition coefficient (Wildman–Crippen LogP) is 3.63. The van der Waals surface area contributed by atoms with Crippen LogP contribution < -0.4 is 10.1 Å². The molecule has 2 aromatic heterocycles. The number of nitrogens with zero attached hydrogens (tertiary/aromatic N) is 2. The summed E-state index contributed by atoms with van der Waals surface area (Å²) in [6, 6.07) is 5.64. The predicted molar refractivity (Wildman–Crippen MR) is 85.7 cm³/mol. The summed E-state index contributed by atoms with van der Waals surface area (Å²) in [5, 5.41) is 4.30. The zero-order chi connectivity index (χ0) is 15.0. The molecule has 7 heteroatoms. The highest BCUT2D eigenvalue weighted by molar-refractivity contribution is 7.22. The minimum absolute atomic E-state index is 0.163. The number of thiazole rings is 2. The third kappa shape index (κ3) is 2.74. The molecule has 0 aliphatic heterocycles. The molecule has 0 radical (unpaired) electrons. The van der Waals surface area contributed by atoms with Crippen LogP contribution in [0.5, 0.6) is 5.75 Å². The maximum Gasteiger partial charge on any atom is 0.269 e. The first kappa shape index (κ1) is 14.0.